The number of carboxylic acids is 1. The number of aliphatic carboxylic acids is 1. The van der Waals surface area contributed by atoms with E-state index in [1.807, 2.05) is 6.92 Å². The van der Waals surface area contributed by atoms with Crippen LogP contribution in [-0.2, 0) is 9.59 Å². The molecule has 1 N–H and O–H groups in total. The summed E-state index contributed by atoms with van der Waals surface area (Å²) in [6, 6.07) is 0. The van der Waals surface area contributed by atoms with Crippen LogP contribution in [0.5, 0.6) is 0 Å². The fraction of sp³-hybridized carbons (Fsp3) is 0.556. The van der Waals surface area contributed by atoms with Gasteiger partial charge in [-0.15, -0.1) is 11.8 Å². The van der Waals surface area contributed by atoms with E-state index in [9.17, 15) is 9.59 Å². The number of carbonyl (C=O) groups is 2. The molecule has 0 aromatic heterocycles. The van der Waals surface area contributed by atoms with Crippen molar-refractivity contribution >= 4 is 23.6 Å². The van der Waals surface area contributed by atoms with Crippen LogP contribution in [0.25, 0.3) is 0 Å². The molecule has 2 aliphatic heterocycles. The van der Waals surface area contributed by atoms with Crippen LogP contribution in [-0.4, -0.2) is 32.5 Å². The third-order valence-corrected chi connectivity index (χ3v) is 4.15. The van der Waals surface area contributed by atoms with Gasteiger partial charge in [-0.25, -0.2) is 4.79 Å². The van der Waals surface area contributed by atoms with Gasteiger partial charge in [0.15, 0.2) is 0 Å². The molecule has 0 aliphatic carbocycles. The number of carboxylic acid groups (broad SMARTS) is 1. The molecule has 1 unspecified atom stereocenters. The first kappa shape index (κ1) is 9.58. The van der Waals surface area contributed by atoms with E-state index in [2.05, 4.69) is 0 Å². The van der Waals surface area contributed by atoms with Crippen LogP contribution >= 0.6 is 11.8 Å². The highest BCUT2D eigenvalue weighted by Crippen LogP contribution is 2.43. The van der Waals surface area contributed by atoms with Crippen molar-refractivity contribution < 1.29 is 14.7 Å². The Bertz CT molecular complexity index is 350. The number of nitrogens with zero attached hydrogens (tertiary/aromatic N) is 1. The summed E-state index contributed by atoms with van der Waals surface area (Å²) >= 11 is 1.65. The summed E-state index contributed by atoms with van der Waals surface area (Å²) in [4.78, 5) is 23.6. The lowest BCUT2D eigenvalue weighted by Gasteiger charge is -2.45. The minimum atomic E-state index is -0.993. The Morgan fingerprint density at radius 2 is 2.29 bits per heavy atom. The molecule has 0 aromatic rings. The predicted octanol–water partition coefficient (Wildman–Crippen LogP) is 1.04. The Kier molecular flexibility index (Phi) is 2.06. The molecule has 1 amide bonds. The highest BCUT2D eigenvalue weighted by molar-refractivity contribution is 8.00. The maximum Gasteiger partial charge on any atom is 0.352 e. The van der Waals surface area contributed by atoms with E-state index in [1.165, 1.54) is 4.90 Å². The van der Waals surface area contributed by atoms with E-state index in [0.29, 0.717) is 6.42 Å². The van der Waals surface area contributed by atoms with E-state index in [1.54, 1.807) is 18.7 Å². The second kappa shape index (κ2) is 3.02. The number of β-lactam (4-membered cyclic amide) rings is 1. The predicted molar refractivity (Wildman–Crippen MR) is 52.6 cm³/mol. The van der Waals surface area contributed by atoms with Gasteiger partial charge in [0, 0.05) is 5.25 Å². The first-order valence-electron chi connectivity index (χ1n) is 4.44. The van der Waals surface area contributed by atoms with E-state index in [-0.39, 0.29) is 22.2 Å². The van der Waals surface area contributed by atoms with Crippen LogP contribution in [0.4, 0.5) is 0 Å². The minimum absolute atomic E-state index is 0.0484. The largest absolute Gasteiger partial charge is 0.477 e. The van der Waals surface area contributed by atoms with Crippen molar-refractivity contribution in [2.75, 3.05) is 0 Å². The molecule has 0 radical (unpaired) electrons. The molecule has 5 heteroatoms. The summed E-state index contributed by atoms with van der Waals surface area (Å²) in [6.07, 6.45) is 0.471. The van der Waals surface area contributed by atoms with Gasteiger partial charge in [-0.2, -0.15) is 0 Å². The van der Waals surface area contributed by atoms with Crippen LogP contribution in [0.15, 0.2) is 11.3 Å². The lowest BCUT2D eigenvalue weighted by Crippen LogP contribution is -2.54. The Morgan fingerprint density at radius 3 is 2.79 bits per heavy atom. The summed E-state index contributed by atoms with van der Waals surface area (Å²) in [7, 11) is 0. The third-order valence-electron chi connectivity index (χ3n) is 2.69. The lowest BCUT2D eigenvalue weighted by atomic mass is 10.1. The van der Waals surface area contributed by atoms with Crippen molar-refractivity contribution in [2.24, 2.45) is 0 Å². The number of carbonyl (C=O) groups excluding carboxylic acids is 1. The monoisotopic (exact) mass is 213 g/mol. The third kappa shape index (κ3) is 1.15. The molecule has 0 spiro atoms. The van der Waals surface area contributed by atoms with Gasteiger partial charge in [0.2, 0.25) is 5.91 Å². The lowest BCUT2D eigenvalue weighted by molar-refractivity contribution is -0.146. The number of hydrogen-bond donors (Lipinski definition) is 1. The average molecular weight is 213 g/mol. The van der Waals surface area contributed by atoms with Gasteiger partial charge in [-0.05, 0) is 19.4 Å². The molecule has 0 aromatic carbocycles. The molecule has 1 fully saturated rings. The van der Waals surface area contributed by atoms with Crippen molar-refractivity contribution in [3.05, 3.63) is 11.3 Å². The minimum Gasteiger partial charge on any atom is -0.477 e. The fourth-order valence-corrected chi connectivity index (χ4v) is 3.13. The van der Waals surface area contributed by atoms with Gasteiger partial charge in [0.05, 0.1) is 11.8 Å². The smallest absolute Gasteiger partial charge is 0.352 e. The van der Waals surface area contributed by atoms with E-state index >= 15 is 0 Å². The zero-order valence-corrected chi connectivity index (χ0v) is 8.80. The summed E-state index contributed by atoms with van der Waals surface area (Å²) in [6.45, 7) is 3.76. The van der Waals surface area contributed by atoms with Gasteiger partial charge in [0.1, 0.15) is 5.70 Å². The summed E-state index contributed by atoms with van der Waals surface area (Å²) < 4.78 is 0. The maximum atomic E-state index is 11.2. The summed E-state index contributed by atoms with van der Waals surface area (Å²) in [5, 5.41) is 9.24. The Labute approximate surface area is 86.0 Å². The summed E-state index contributed by atoms with van der Waals surface area (Å²) in [5.41, 5.74) is 0.976. The topological polar surface area (TPSA) is 57.6 Å². The Hall–Kier alpha value is -0.970. The highest BCUT2D eigenvalue weighted by atomic mass is 32.2. The molecule has 2 atom stereocenters. The van der Waals surface area contributed by atoms with E-state index in [0.717, 1.165) is 5.57 Å². The van der Waals surface area contributed by atoms with Gasteiger partial charge < -0.3 is 5.11 Å². The number of thioether (sulfide) groups is 1. The SMILES string of the molecule is CC1=C(C(=O)O)N2C(=O)C[C@H]2SC1C. The molecule has 4 nitrogen and oxygen atoms in total. The van der Waals surface area contributed by atoms with Gasteiger partial charge >= 0.3 is 5.97 Å². The second-order valence-electron chi connectivity index (χ2n) is 3.54. The van der Waals surface area contributed by atoms with Crippen LogP contribution in [0.1, 0.15) is 20.3 Å². The second-order valence-corrected chi connectivity index (χ2v) is 5.06. The van der Waals surface area contributed by atoms with Crippen molar-refractivity contribution in [3.63, 3.8) is 0 Å². The van der Waals surface area contributed by atoms with Crippen molar-refractivity contribution in [1.82, 2.24) is 4.90 Å². The van der Waals surface area contributed by atoms with Crippen molar-refractivity contribution in [3.8, 4) is 0 Å². The first-order chi connectivity index (χ1) is 6.52. The molecule has 0 saturated carbocycles. The zero-order chi connectivity index (χ0) is 10.5. The molecule has 76 valence electrons. The highest BCUT2D eigenvalue weighted by Gasteiger charge is 2.46. The molecule has 2 rings (SSSR count). The molecular weight excluding hydrogens is 202 g/mol. The quantitative estimate of drug-likeness (QED) is 0.661. The summed E-state index contributed by atoms with van der Waals surface area (Å²) in [5.74, 6) is -1.07. The van der Waals surface area contributed by atoms with Crippen molar-refractivity contribution in [2.45, 2.75) is 30.9 Å². The van der Waals surface area contributed by atoms with Gasteiger partial charge in [-0.1, -0.05) is 0 Å². The van der Waals surface area contributed by atoms with Crippen LogP contribution in [0.3, 0.4) is 0 Å². The van der Waals surface area contributed by atoms with Crippen LogP contribution in [0, 0.1) is 0 Å². The molecule has 14 heavy (non-hydrogen) atoms. The average Bonchev–Trinajstić information content (AvgIpc) is 2.09. The van der Waals surface area contributed by atoms with Crippen LogP contribution < -0.4 is 0 Å². The molecule has 2 aliphatic rings. The number of rotatable bonds is 1. The van der Waals surface area contributed by atoms with E-state index in [4.69, 9.17) is 5.11 Å². The van der Waals surface area contributed by atoms with Gasteiger partial charge in [-0.3, -0.25) is 9.69 Å². The number of fused-ring (bicyclic) bond motifs is 1. The standard InChI is InChI=1S/C9H11NO3S/c1-4-5(2)14-7-3-6(11)10(7)8(4)9(12)13/h5,7H,3H2,1-2H3,(H,12,13)/t5?,7-/m1/s1. The molecule has 0 bridgehead atoms. The van der Waals surface area contributed by atoms with Crippen molar-refractivity contribution in [1.29, 1.82) is 0 Å². The van der Waals surface area contributed by atoms with Crippen LogP contribution in [0.2, 0.25) is 0 Å². The normalized spacial score (nSPS) is 31.3. The Morgan fingerprint density at radius 1 is 1.64 bits per heavy atom. The first-order valence-corrected chi connectivity index (χ1v) is 5.38. The molecule has 2 heterocycles. The molecular formula is C9H11NO3S. The number of amides is 1. The molecule has 1 saturated heterocycles. The Balaban J connectivity index is 2.42. The van der Waals surface area contributed by atoms with Gasteiger partial charge in [0.25, 0.3) is 0 Å². The van der Waals surface area contributed by atoms with E-state index < -0.39 is 5.97 Å². The zero-order valence-electron chi connectivity index (χ0n) is 7.98. The fourth-order valence-electron chi connectivity index (χ4n) is 1.76. The maximum absolute atomic E-state index is 11.2. The number of hydrogen-bond acceptors (Lipinski definition) is 3.